The van der Waals surface area contributed by atoms with Crippen LogP contribution in [0.3, 0.4) is 0 Å². The van der Waals surface area contributed by atoms with E-state index in [9.17, 15) is 4.79 Å². The van der Waals surface area contributed by atoms with E-state index in [0.717, 1.165) is 59.1 Å². The van der Waals surface area contributed by atoms with E-state index < -0.39 is 0 Å². The molecular formula is C26H30N4OS. The van der Waals surface area contributed by atoms with Crippen LogP contribution in [0.1, 0.15) is 37.8 Å². The van der Waals surface area contributed by atoms with Gasteiger partial charge in [0.1, 0.15) is 0 Å². The van der Waals surface area contributed by atoms with Crippen molar-refractivity contribution in [2.24, 2.45) is 5.92 Å². The van der Waals surface area contributed by atoms with Crippen molar-refractivity contribution >= 4 is 33.0 Å². The molecule has 1 N–H and O–H groups in total. The standard InChI is InChI=1S/C26H30N4OS/c1-17-5-7-20-8-9-21(29-12-11-27-26(3,4)16-29)15-30(20)25(31)14-22(17)19-6-10-23-24(13-19)32-18(2)28-23/h6-10,13-15,17,27H,5,11-12,16H2,1-4H3. The van der Waals surface area contributed by atoms with E-state index in [0.29, 0.717) is 0 Å². The van der Waals surface area contributed by atoms with Crippen LogP contribution in [0.2, 0.25) is 0 Å². The molecule has 166 valence electrons. The summed E-state index contributed by atoms with van der Waals surface area (Å²) in [6, 6.07) is 6.35. The van der Waals surface area contributed by atoms with Gasteiger partial charge in [0.25, 0.3) is 5.91 Å². The van der Waals surface area contributed by atoms with Gasteiger partial charge in [0, 0.05) is 43.1 Å². The Morgan fingerprint density at radius 2 is 2.03 bits per heavy atom. The van der Waals surface area contributed by atoms with E-state index in [1.54, 1.807) is 11.3 Å². The highest BCUT2D eigenvalue weighted by atomic mass is 32.1. The molecule has 1 atom stereocenters. The molecule has 1 aromatic heterocycles. The van der Waals surface area contributed by atoms with Crippen LogP contribution in [0.25, 0.3) is 15.8 Å². The second kappa shape index (κ2) is 8.01. The number of hydrogen-bond donors (Lipinski definition) is 1. The van der Waals surface area contributed by atoms with Crippen molar-refractivity contribution < 1.29 is 4.79 Å². The number of carbonyl (C=O) groups excluding carboxylic acids is 1. The Kier molecular flexibility index (Phi) is 5.30. The van der Waals surface area contributed by atoms with Crippen molar-refractivity contribution in [2.45, 2.75) is 39.7 Å². The van der Waals surface area contributed by atoms with E-state index >= 15 is 0 Å². The summed E-state index contributed by atoms with van der Waals surface area (Å²) in [5, 5.41) is 4.62. The number of aryl methyl sites for hydroxylation is 1. The molecule has 32 heavy (non-hydrogen) atoms. The molecule has 1 amide bonds. The van der Waals surface area contributed by atoms with Gasteiger partial charge in [-0.25, -0.2) is 4.98 Å². The minimum Gasteiger partial charge on any atom is -0.367 e. The van der Waals surface area contributed by atoms with Gasteiger partial charge in [-0.3, -0.25) is 9.69 Å². The van der Waals surface area contributed by atoms with Crippen LogP contribution in [0.5, 0.6) is 0 Å². The Morgan fingerprint density at radius 1 is 1.22 bits per heavy atom. The summed E-state index contributed by atoms with van der Waals surface area (Å²) >= 11 is 1.70. The summed E-state index contributed by atoms with van der Waals surface area (Å²) in [5.41, 5.74) is 5.33. The van der Waals surface area contributed by atoms with Gasteiger partial charge in [-0.15, -0.1) is 11.3 Å². The predicted molar refractivity (Wildman–Crippen MR) is 132 cm³/mol. The Labute approximate surface area is 193 Å². The molecule has 2 aromatic rings. The summed E-state index contributed by atoms with van der Waals surface area (Å²) in [6.45, 7) is 11.5. The van der Waals surface area contributed by atoms with Gasteiger partial charge in [-0.05, 0) is 68.5 Å². The number of hydrogen-bond acceptors (Lipinski definition) is 5. The summed E-state index contributed by atoms with van der Waals surface area (Å²) in [7, 11) is 0. The van der Waals surface area contributed by atoms with E-state index in [2.05, 4.69) is 72.4 Å². The minimum atomic E-state index is 0.00891. The number of piperazine rings is 1. The van der Waals surface area contributed by atoms with E-state index in [4.69, 9.17) is 0 Å². The molecular weight excluding hydrogens is 416 g/mol. The predicted octanol–water partition coefficient (Wildman–Crippen LogP) is 4.84. The number of aromatic nitrogens is 1. The molecule has 0 radical (unpaired) electrons. The first kappa shape index (κ1) is 21.2. The minimum absolute atomic E-state index is 0.00891. The van der Waals surface area contributed by atoms with Crippen LogP contribution in [0.4, 0.5) is 0 Å². The van der Waals surface area contributed by atoms with E-state index in [-0.39, 0.29) is 17.4 Å². The van der Waals surface area contributed by atoms with Crippen LogP contribution >= 0.6 is 11.3 Å². The highest BCUT2D eigenvalue weighted by molar-refractivity contribution is 7.18. The lowest BCUT2D eigenvalue weighted by Crippen LogP contribution is -2.56. The van der Waals surface area contributed by atoms with Crippen LogP contribution in [-0.4, -0.2) is 45.9 Å². The molecule has 0 bridgehead atoms. The molecule has 4 heterocycles. The zero-order valence-corrected chi connectivity index (χ0v) is 20.0. The van der Waals surface area contributed by atoms with Crippen molar-refractivity contribution in [1.82, 2.24) is 20.1 Å². The van der Waals surface area contributed by atoms with Crippen molar-refractivity contribution in [2.75, 3.05) is 19.6 Å². The molecule has 3 aliphatic heterocycles. The zero-order valence-electron chi connectivity index (χ0n) is 19.2. The third-order valence-corrected chi connectivity index (χ3v) is 7.39. The SMILES string of the molecule is Cc1nc2ccc(C3=CC(=O)N4C=C(N5CCNC(C)(C)C5)C=CC4=CCC3C)cc2s1. The summed E-state index contributed by atoms with van der Waals surface area (Å²) in [6.07, 6.45) is 11.2. The fourth-order valence-electron chi connectivity index (χ4n) is 4.76. The van der Waals surface area contributed by atoms with Gasteiger partial charge in [0.2, 0.25) is 0 Å². The number of allylic oxidation sites excluding steroid dienone is 4. The summed E-state index contributed by atoms with van der Waals surface area (Å²) < 4.78 is 1.17. The molecule has 5 nitrogen and oxygen atoms in total. The van der Waals surface area contributed by atoms with Gasteiger partial charge >= 0.3 is 0 Å². The van der Waals surface area contributed by atoms with Crippen molar-refractivity contribution in [3.63, 3.8) is 0 Å². The number of fused-ring (bicyclic) bond motifs is 2. The summed E-state index contributed by atoms with van der Waals surface area (Å²) in [4.78, 5) is 22.2. The lowest BCUT2D eigenvalue weighted by Gasteiger charge is -2.42. The molecule has 0 spiro atoms. The third-order valence-electron chi connectivity index (χ3n) is 6.46. The molecule has 5 rings (SSSR count). The van der Waals surface area contributed by atoms with Gasteiger partial charge < -0.3 is 10.2 Å². The Morgan fingerprint density at radius 3 is 2.84 bits per heavy atom. The number of rotatable bonds is 2. The maximum Gasteiger partial charge on any atom is 0.255 e. The topological polar surface area (TPSA) is 48.5 Å². The maximum absolute atomic E-state index is 13.4. The van der Waals surface area contributed by atoms with E-state index in [1.165, 1.54) is 4.70 Å². The highest BCUT2D eigenvalue weighted by Crippen LogP contribution is 2.34. The van der Waals surface area contributed by atoms with Crippen LogP contribution in [0, 0.1) is 12.8 Å². The lowest BCUT2D eigenvalue weighted by atomic mass is 9.89. The molecule has 1 aromatic carbocycles. The Balaban J connectivity index is 1.47. The molecule has 1 unspecified atom stereocenters. The molecule has 6 heteroatoms. The number of thiazole rings is 1. The number of amides is 1. The first-order valence-corrected chi connectivity index (χ1v) is 12.1. The Bertz CT molecular complexity index is 1200. The van der Waals surface area contributed by atoms with Gasteiger partial charge in [0.15, 0.2) is 0 Å². The number of carbonyl (C=O) groups is 1. The Hall–Kier alpha value is -2.70. The van der Waals surface area contributed by atoms with Gasteiger partial charge in [0.05, 0.1) is 20.9 Å². The fourth-order valence-corrected chi connectivity index (χ4v) is 5.63. The van der Waals surface area contributed by atoms with Crippen LogP contribution < -0.4 is 5.32 Å². The van der Waals surface area contributed by atoms with Gasteiger partial charge in [-0.1, -0.05) is 19.1 Å². The zero-order chi connectivity index (χ0) is 22.5. The normalized spacial score (nSPS) is 23.3. The first-order valence-electron chi connectivity index (χ1n) is 11.3. The first-order chi connectivity index (χ1) is 15.3. The average Bonchev–Trinajstić information content (AvgIpc) is 3.13. The lowest BCUT2D eigenvalue weighted by molar-refractivity contribution is -0.122. The molecule has 1 fully saturated rings. The largest absolute Gasteiger partial charge is 0.367 e. The molecule has 0 aliphatic carbocycles. The third kappa shape index (κ3) is 4.05. The fraction of sp³-hybridized carbons (Fsp3) is 0.385. The second-order valence-corrected chi connectivity index (χ2v) is 10.8. The van der Waals surface area contributed by atoms with Crippen molar-refractivity contribution in [3.8, 4) is 0 Å². The highest BCUT2D eigenvalue weighted by Gasteiger charge is 2.29. The van der Waals surface area contributed by atoms with Crippen molar-refractivity contribution in [1.29, 1.82) is 0 Å². The smallest absolute Gasteiger partial charge is 0.255 e. The number of nitrogens with one attached hydrogen (secondary N) is 1. The maximum atomic E-state index is 13.4. The second-order valence-electron chi connectivity index (χ2n) is 9.61. The monoisotopic (exact) mass is 446 g/mol. The summed E-state index contributed by atoms with van der Waals surface area (Å²) in [5.74, 6) is 0.266. The molecule has 1 saturated heterocycles. The molecule has 0 saturated carbocycles. The van der Waals surface area contributed by atoms with Crippen molar-refractivity contribution in [3.05, 3.63) is 70.7 Å². The number of nitrogens with zero attached hydrogens (tertiary/aromatic N) is 3. The van der Waals surface area contributed by atoms with Crippen LogP contribution in [0.15, 0.2) is 60.1 Å². The van der Waals surface area contributed by atoms with E-state index in [1.807, 2.05) is 24.1 Å². The number of benzene rings is 1. The molecule has 3 aliphatic rings. The average molecular weight is 447 g/mol. The van der Waals surface area contributed by atoms with Gasteiger partial charge in [-0.2, -0.15) is 0 Å². The van der Waals surface area contributed by atoms with Crippen LogP contribution in [-0.2, 0) is 4.79 Å². The quantitative estimate of drug-likeness (QED) is 0.717.